The molecule has 0 aliphatic heterocycles. The maximum Gasteiger partial charge on any atom is 0.306 e. The Balaban J connectivity index is 1.57. The first-order valence-corrected chi connectivity index (χ1v) is 8.65. The molecule has 3 rings (SSSR count). The van der Waals surface area contributed by atoms with Crippen LogP contribution in [0.3, 0.4) is 0 Å². The number of aliphatic carboxylic acids is 1. The molecule has 1 fully saturated rings. The molecule has 0 aromatic heterocycles. The Morgan fingerprint density at radius 2 is 1.74 bits per heavy atom. The first-order chi connectivity index (χ1) is 12.9. The van der Waals surface area contributed by atoms with Crippen LogP contribution in [0, 0.1) is 23.5 Å². The van der Waals surface area contributed by atoms with Crippen molar-refractivity contribution < 1.29 is 28.2 Å². The lowest BCUT2D eigenvalue weighted by atomic mass is 10.0. The van der Waals surface area contributed by atoms with Gasteiger partial charge >= 0.3 is 5.97 Å². The van der Waals surface area contributed by atoms with Crippen LogP contribution in [0.15, 0.2) is 42.5 Å². The maximum absolute atomic E-state index is 14.2. The van der Waals surface area contributed by atoms with Crippen LogP contribution in [-0.4, -0.2) is 17.0 Å². The summed E-state index contributed by atoms with van der Waals surface area (Å²) in [5.41, 5.74) is 0.523. The van der Waals surface area contributed by atoms with Gasteiger partial charge in [-0.3, -0.25) is 9.59 Å². The van der Waals surface area contributed by atoms with Crippen molar-refractivity contribution in [2.24, 2.45) is 11.8 Å². The molecule has 2 N–H and O–H groups in total. The number of rotatable bonds is 6. The first-order valence-electron chi connectivity index (χ1n) is 8.65. The van der Waals surface area contributed by atoms with E-state index in [0.717, 1.165) is 0 Å². The molecule has 0 heterocycles. The first kappa shape index (κ1) is 18.8. The fraction of sp³-hybridized carbons (Fsp3) is 0.300. The highest BCUT2D eigenvalue weighted by atomic mass is 19.1. The Morgan fingerprint density at radius 3 is 2.41 bits per heavy atom. The maximum atomic E-state index is 14.2. The summed E-state index contributed by atoms with van der Waals surface area (Å²) in [7, 11) is 0. The lowest BCUT2D eigenvalue weighted by Gasteiger charge is -2.12. The number of benzene rings is 2. The molecule has 1 saturated carbocycles. The van der Waals surface area contributed by atoms with Crippen LogP contribution in [0.2, 0.25) is 0 Å². The van der Waals surface area contributed by atoms with Crippen LogP contribution in [0.25, 0.3) is 0 Å². The van der Waals surface area contributed by atoms with Gasteiger partial charge in [-0.05, 0) is 49.1 Å². The Kier molecular flexibility index (Phi) is 5.69. The van der Waals surface area contributed by atoms with Gasteiger partial charge in [0.05, 0.1) is 5.92 Å². The smallest absolute Gasteiger partial charge is 0.306 e. The average Bonchev–Trinajstić information content (AvgIpc) is 3.14. The number of amides is 1. The number of halogens is 2. The van der Waals surface area contributed by atoms with Gasteiger partial charge in [0, 0.05) is 12.5 Å². The highest BCUT2D eigenvalue weighted by Crippen LogP contribution is 2.31. The molecule has 0 saturated heterocycles. The van der Waals surface area contributed by atoms with E-state index in [1.807, 2.05) is 0 Å². The standard InChI is InChI=1S/C20H19F2NO4/c21-15-3-1-2-4-17(15)27-18-8-5-12(9-16(18)22)11-23-19(24)13-6-7-14(10-13)20(25)26/h1-5,8-9,13-14H,6-7,10-11H2,(H,23,24)(H,25,26)/t13-,14+/m0/s1. The van der Waals surface area contributed by atoms with Crippen molar-refractivity contribution in [3.05, 3.63) is 59.7 Å². The lowest BCUT2D eigenvalue weighted by Crippen LogP contribution is -2.29. The van der Waals surface area contributed by atoms with Crippen molar-refractivity contribution in [1.29, 1.82) is 0 Å². The highest BCUT2D eigenvalue weighted by molar-refractivity contribution is 5.80. The van der Waals surface area contributed by atoms with Crippen LogP contribution >= 0.6 is 0 Å². The zero-order chi connectivity index (χ0) is 19.4. The fourth-order valence-corrected chi connectivity index (χ4v) is 3.16. The molecule has 2 aromatic rings. The molecule has 0 bridgehead atoms. The summed E-state index contributed by atoms with van der Waals surface area (Å²) in [5.74, 6) is -3.38. The van der Waals surface area contributed by atoms with Crippen molar-refractivity contribution in [3.8, 4) is 11.5 Å². The monoisotopic (exact) mass is 375 g/mol. The van der Waals surface area contributed by atoms with Gasteiger partial charge in [0.15, 0.2) is 23.1 Å². The van der Waals surface area contributed by atoms with Crippen LogP contribution in [0.4, 0.5) is 8.78 Å². The largest absolute Gasteiger partial charge is 0.481 e. The molecule has 1 aliphatic rings. The number of para-hydroxylation sites is 1. The number of ether oxygens (including phenoxy) is 1. The molecule has 142 valence electrons. The fourth-order valence-electron chi connectivity index (χ4n) is 3.16. The van der Waals surface area contributed by atoms with Crippen LogP contribution in [-0.2, 0) is 16.1 Å². The molecule has 0 radical (unpaired) electrons. The predicted molar refractivity (Wildman–Crippen MR) is 93.2 cm³/mol. The van der Waals surface area contributed by atoms with E-state index in [4.69, 9.17) is 9.84 Å². The van der Waals surface area contributed by atoms with Crippen molar-refractivity contribution in [1.82, 2.24) is 5.32 Å². The Bertz CT molecular complexity index is 856. The van der Waals surface area contributed by atoms with E-state index in [1.165, 1.54) is 30.3 Å². The second-order valence-corrected chi connectivity index (χ2v) is 6.56. The Hall–Kier alpha value is -2.96. The Morgan fingerprint density at radius 1 is 1.04 bits per heavy atom. The van der Waals surface area contributed by atoms with E-state index in [-0.39, 0.29) is 29.9 Å². The third-order valence-electron chi connectivity index (χ3n) is 4.67. The van der Waals surface area contributed by atoms with Gasteiger partial charge < -0.3 is 15.2 Å². The molecular formula is C20H19F2NO4. The molecule has 1 amide bonds. The molecular weight excluding hydrogens is 356 g/mol. The van der Waals surface area contributed by atoms with Gasteiger partial charge in [0.1, 0.15) is 0 Å². The summed E-state index contributed by atoms with van der Waals surface area (Å²) in [6.07, 6.45) is 1.35. The topological polar surface area (TPSA) is 75.6 Å². The van der Waals surface area contributed by atoms with Gasteiger partial charge in [-0.15, -0.1) is 0 Å². The number of carbonyl (C=O) groups excluding carboxylic acids is 1. The molecule has 0 spiro atoms. The van der Waals surface area contributed by atoms with E-state index >= 15 is 0 Å². The molecule has 1 aliphatic carbocycles. The molecule has 27 heavy (non-hydrogen) atoms. The number of hydrogen-bond acceptors (Lipinski definition) is 3. The second kappa shape index (κ2) is 8.16. The van der Waals surface area contributed by atoms with Crippen molar-refractivity contribution in [2.75, 3.05) is 0 Å². The van der Waals surface area contributed by atoms with Crippen LogP contribution in [0.5, 0.6) is 11.5 Å². The minimum atomic E-state index is -0.877. The minimum Gasteiger partial charge on any atom is -0.481 e. The SMILES string of the molecule is O=C(O)[C@@H]1CC[C@H](C(=O)NCc2ccc(Oc3ccccc3F)c(F)c2)C1. The summed E-state index contributed by atoms with van der Waals surface area (Å²) >= 11 is 0. The van der Waals surface area contributed by atoms with Crippen molar-refractivity contribution >= 4 is 11.9 Å². The van der Waals surface area contributed by atoms with Crippen LogP contribution < -0.4 is 10.1 Å². The summed E-state index contributed by atoms with van der Waals surface area (Å²) in [6, 6.07) is 9.87. The zero-order valence-electron chi connectivity index (χ0n) is 14.5. The van der Waals surface area contributed by atoms with Gasteiger partial charge in [0.2, 0.25) is 5.91 Å². The second-order valence-electron chi connectivity index (χ2n) is 6.56. The summed E-state index contributed by atoms with van der Waals surface area (Å²) in [4.78, 5) is 23.1. The molecule has 2 atom stereocenters. The van der Waals surface area contributed by atoms with Crippen LogP contribution in [0.1, 0.15) is 24.8 Å². The van der Waals surface area contributed by atoms with Crippen molar-refractivity contribution in [2.45, 2.75) is 25.8 Å². The van der Waals surface area contributed by atoms with Gasteiger partial charge in [-0.2, -0.15) is 0 Å². The quantitative estimate of drug-likeness (QED) is 0.804. The number of carboxylic acids is 1. The van der Waals surface area contributed by atoms with Gasteiger partial charge in [-0.25, -0.2) is 8.78 Å². The Labute approximate surface area is 155 Å². The van der Waals surface area contributed by atoms with Gasteiger partial charge in [-0.1, -0.05) is 18.2 Å². The molecule has 7 heteroatoms. The number of carboxylic acid groups (broad SMARTS) is 1. The molecule has 2 aromatic carbocycles. The number of hydrogen-bond donors (Lipinski definition) is 2. The summed E-state index contributed by atoms with van der Waals surface area (Å²) in [6.45, 7) is 0.115. The average molecular weight is 375 g/mol. The third-order valence-corrected chi connectivity index (χ3v) is 4.67. The number of nitrogens with one attached hydrogen (secondary N) is 1. The van der Waals surface area contributed by atoms with Gasteiger partial charge in [0.25, 0.3) is 0 Å². The normalized spacial score (nSPS) is 18.9. The van der Waals surface area contributed by atoms with E-state index < -0.39 is 23.5 Å². The highest BCUT2D eigenvalue weighted by Gasteiger charge is 2.33. The summed E-state index contributed by atoms with van der Waals surface area (Å²) in [5, 5.41) is 11.7. The summed E-state index contributed by atoms with van der Waals surface area (Å²) < 4.78 is 33.0. The lowest BCUT2D eigenvalue weighted by molar-refractivity contribution is -0.141. The van der Waals surface area contributed by atoms with E-state index in [9.17, 15) is 18.4 Å². The third kappa shape index (κ3) is 4.61. The predicted octanol–water partition coefficient (Wildman–Crippen LogP) is 3.87. The molecule has 0 unspecified atom stereocenters. The minimum absolute atomic E-state index is 0.0772. The van der Waals surface area contributed by atoms with Crippen molar-refractivity contribution in [3.63, 3.8) is 0 Å². The zero-order valence-corrected chi connectivity index (χ0v) is 14.5. The van der Waals surface area contributed by atoms with E-state index in [2.05, 4.69) is 5.32 Å². The van der Waals surface area contributed by atoms with E-state index in [1.54, 1.807) is 12.1 Å². The molecule has 5 nitrogen and oxygen atoms in total. The number of carbonyl (C=O) groups is 2. The van der Waals surface area contributed by atoms with E-state index in [0.29, 0.717) is 24.8 Å².